The lowest BCUT2D eigenvalue weighted by molar-refractivity contribution is 0.278. The van der Waals surface area contributed by atoms with E-state index in [1.54, 1.807) is 4.31 Å². The first-order valence-corrected chi connectivity index (χ1v) is 12.6. The van der Waals surface area contributed by atoms with E-state index in [0.717, 1.165) is 40.4 Å². The Kier molecular flexibility index (Phi) is 6.05. The van der Waals surface area contributed by atoms with Crippen molar-refractivity contribution in [3.63, 3.8) is 0 Å². The molecule has 4 N–H and O–H groups in total. The van der Waals surface area contributed by atoms with Crippen LogP contribution in [0.3, 0.4) is 0 Å². The number of nitrogens with two attached hydrogens (primary N) is 2. The molecule has 3 aromatic rings. The molecule has 0 spiro atoms. The van der Waals surface area contributed by atoms with Gasteiger partial charge >= 0.3 is 0 Å². The van der Waals surface area contributed by atoms with E-state index in [-0.39, 0.29) is 11.8 Å². The first kappa shape index (κ1) is 21.8. The van der Waals surface area contributed by atoms with Crippen LogP contribution in [-0.4, -0.2) is 41.1 Å². The third kappa shape index (κ3) is 4.33. The van der Waals surface area contributed by atoms with Crippen molar-refractivity contribution in [2.45, 2.75) is 32.2 Å². The predicted octanol–water partition coefficient (Wildman–Crippen LogP) is 3.90. The van der Waals surface area contributed by atoms with Gasteiger partial charge in [-0.3, -0.25) is 0 Å². The van der Waals surface area contributed by atoms with Gasteiger partial charge in [0.25, 0.3) is 0 Å². The van der Waals surface area contributed by atoms with Crippen LogP contribution < -0.4 is 11.5 Å². The van der Waals surface area contributed by atoms with Crippen molar-refractivity contribution in [2.24, 2.45) is 5.73 Å². The minimum Gasteiger partial charge on any atom is -0.399 e. The zero-order chi connectivity index (χ0) is 22.2. The van der Waals surface area contributed by atoms with Gasteiger partial charge in [-0.15, -0.1) is 0 Å². The number of nitrogens with zero attached hydrogens (tertiary/aromatic N) is 2. The van der Waals surface area contributed by atoms with Gasteiger partial charge in [-0.25, -0.2) is 12.7 Å². The van der Waals surface area contributed by atoms with E-state index < -0.39 is 10.0 Å². The van der Waals surface area contributed by atoms with Crippen molar-refractivity contribution in [2.75, 3.05) is 24.6 Å². The number of benzene rings is 2. The monoisotopic (exact) mass is 456 g/mol. The molecule has 0 bridgehead atoms. The number of hydrogen-bond donors (Lipinski definition) is 2. The molecule has 0 saturated carbocycles. The molecule has 0 unspecified atom stereocenters. The fraction of sp³-hybridized carbons (Fsp3) is 0.348. The average Bonchev–Trinajstić information content (AvgIpc) is 3.12. The number of aromatic nitrogens is 1. The van der Waals surface area contributed by atoms with E-state index in [1.807, 2.05) is 43.3 Å². The van der Waals surface area contributed by atoms with Crippen LogP contribution in [0, 0.1) is 0 Å². The van der Waals surface area contributed by atoms with Crippen molar-refractivity contribution in [1.82, 2.24) is 8.87 Å². The zero-order valence-electron chi connectivity index (χ0n) is 17.6. The van der Waals surface area contributed by atoms with Crippen LogP contribution >= 0.6 is 12.2 Å². The SMILES string of the molecule is CCCS(=O)(=O)N1CCC(n2cc(-c3cccc(C(N)=S)c3)c3ccc(N)cc32)CC1. The zero-order valence-corrected chi connectivity index (χ0v) is 19.3. The van der Waals surface area contributed by atoms with Crippen molar-refractivity contribution in [1.29, 1.82) is 0 Å². The maximum atomic E-state index is 12.4. The minimum absolute atomic E-state index is 0.212. The van der Waals surface area contributed by atoms with E-state index in [4.69, 9.17) is 23.7 Å². The summed E-state index contributed by atoms with van der Waals surface area (Å²) in [5.74, 6) is 0.212. The number of rotatable bonds is 6. The van der Waals surface area contributed by atoms with Gasteiger partial charge in [-0.05, 0) is 43.0 Å². The number of anilines is 1. The first-order chi connectivity index (χ1) is 14.8. The van der Waals surface area contributed by atoms with E-state index in [1.165, 1.54) is 0 Å². The number of nitrogen functional groups attached to an aromatic ring is 1. The van der Waals surface area contributed by atoms with Gasteiger partial charge < -0.3 is 16.0 Å². The number of sulfonamides is 1. The second-order valence-electron chi connectivity index (χ2n) is 8.12. The molecule has 0 amide bonds. The van der Waals surface area contributed by atoms with Gasteiger partial charge in [0.2, 0.25) is 10.0 Å². The summed E-state index contributed by atoms with van der Waals surface area (Å²) in [5.41, 5.74) is 16.7. The number of piperidine rings is 1. The number of hydrogen-bond acceptors (Lipinski definition) is 4. The second kappa shape index (κ2) is 8.61. The Morgan fingerprint density at radius 1 is 1.16 bits per heavy atom. The summed E-state index contributed by atoms with van der Waals surface area (Å²) in [7, 11) is -3.16. The topological polar surface area (TPSA) is 94.3 Å². The van der Waals surface area contributed by atoms with Crippen LogP contribution in [0.2, 0.25) is 0 Å². The number of fused-ring (bicyclic) bond motifs is 1. The first-order valence-electron chi connectivity index (χ1n) is 10.6. The van der Waals surface area contributed by atoms with E-state index in [2.05, 4.69) is 16.8 Å². The quantitative estimate of drug-likeness (QED) is 0.433. The van der Waals surface area contributed by atoms with Gasteiger partial charge in [-0.2, -0.15) is 0 Å². The summed E-state index contributed by atoms with van der Waals surface area (Å²) in [5, 5.41) is 1.11. The largest absolute Gasteiger partial charge is 0.399 e. The Morgan fingerprint density at radius 3 is 2.58 bits per heavy atom. The summed E-state index contributed by atoms with van der Waals surface area (Å²) in [6.45, 7) is 2.98. The summed E-state index contributed by atoms with van der Waals surface area (Å²) < 4.78 is 28.8. The summed E-state index contributed by atoms with van der Waals surface area (Å²) in [6.07, 6.45) is 4.34. The Labute approximate surface area is 188 Å². The molecule has 1 aliphatic heterocycles. The van der Waals surface area contributed by atoms with Crippen LogP contribution in [0.5, 0.6) is 0 Å². The van der Waals surface area contributed by atoms with Gasteiger partial charge in [-0.1, -0.05) is 43.4 Å². The van der Waals surface area contributed by atoms with Crippen LogP contribution in [0.4, 0.5) is 5.69 Å². The van der Waals surface area contributed by atoms with Gasteiger partial charge in [0, 0.05) is 47.5 Å². The smallest absolute Gasteiger partial charge is 0.214 e. The molecule has 0 aliphatic carbocycles. The molecular formula is C23H28N4O2S2. The van der Waals surface area contributed by atoms with E-state index in [9.17, 15) is 8.42 Å². The van der Waals surface area contributed by atoms with Crippen molar-refractivity contribution in [3.05, 3.63) is 54.2 Å². The molecule has 6 nitrogen and oxygen atoms in total. The highest BCUT2D eigenvalue weighted by Crippen LogP contribution is 2.37. The van der Waals surface area contributed by atoms with Crippen molar-refractivity contribution >= 4 is 43.8 Å². The van der Waals surface area contributed by atoms with Gasteiger partial charge in [0.1, 0.15) is 4.99 Å². The molecule has 1 fully saturated rings. The minimum atomic E-state index is -3.16. The summed E-state index contributed by atoms with van der Waals surface area (Å²) in [4.78, 5) is 0.371. The van der Waals surface area contributed by atoms with Gasteiger partial charge in [0.05, 0.1) is 11.3 Å². The average molecular weight is 457 g/mol. The molecule has 1 saturated heterocycles. The molecule has 0 radical (unpaired) electrons. The maximum Gasteiger partial charge on any atom is 0.214 e. The highest BCUT2D eigenvalue weighted by Gasteiger charge is 2.29. The fourth-order valence-corrected chi connectivity index (χ4v) is 6.09. The predicted molar refractivity (Wildman–Crippen MR) is 132 cm³/mol. The Morgan fingerprint density at radius 2 is 1.90 bits per heavy atom. The lowest BCUT2D eigenvalue weighted by Crippen LogP contribution is -2.40. The van der Waals surface area contributed by atoms with E-state index >= 15 is 0 Å². The molecule has 2 heterocycles. The standard InChI is InChI=1S/C23H28N4O2S2/c1-2-12-31(28,29)26-10-8-19(9-11-26)27-15-21(20-7-6-18(24)14-22(20)27)16-4-3-5-17(13-16)23(25)30/h3-7,13-15,19H,2,8-12,24H2,1H3,(H2,25,30). The summed E-state index contributed by atoms with van der Waals surface area (Å²) >= 11 is 5.15. The Balaban J connectivity index is 1.71. The molecule has 4 rings (SSSR count). The highest BCUT2D eigenvalue weighted by atomic mass is 32.2. The fourth-order valence-electron chi connectivity index (χ4n) is 4.43. The van der Waals surface area contributed by atoms with Crippen LogP contribution in [0.15, 0.2) is 48.7 Å². The molecule has 0 atom stereocenters. The Bertz CT molecular complexity index is 1230. The molecule has 2 aromatic carbocycles. The normalized spacial score (nSPS) is 16.0. The highest BCUT2D eigenvalue weighted by molar-refractivity contribution is 7.89. The van der Waals surface area contributed by atoms with E-state index in [0.29, 0.717) is 30.2 Å². The second-order valence-corrected chi connectivity index (χ2v) is 10.6. The third-order valence-corrected chi connectivity index (χ3v) is 8.30. The summed E-state index contributed by atoms with van der Waals surface area (Å²) in [6, 6.07) is 14.1. The lowest BCUT2D eigenvalue weighted by Gasteiger charge is -2.32. The molecular weight excluding hydrogens is 428 g/mol. The maximum absolute atomic E-state index is 12.4. The van der Waals surface area contributed by atoms with Crippen molar-refractivity contribution in [3.8, 4) is 11.1 Å². The molecule has 1 aromatic heterocycles. The van der Waals surface area contributed by atoms with Crippen LogP contribution in [0.1, 0.15) is 37.8 Å². The molecule has 8 heteroatoms. The molecule has 31 heavy (non-hydrogen) atoms. The lowest BCUT2D eigenvalue weighted by atomic mass is 10.0. The van der Waals surface area contributed by atoms with Crippen molar-refractivity contribution < 1.29 is 8.42 Å². The molecule has 164 valence electrons. The van der Waals surface area contributed by atoms with Crippen LogP contribution in [0.25, 0.3) is 22.0 Å². The number of thiocarbonyl (C=S) groups is 1. The van der Waals surface area contributed by atoms with Crippen LogP contribution in [-0.2, 0) is 10.0 Å². The third-order valence-electron chi connectivity index (χ3n) is 5.99. The Hall–Kier alpha value is -2.42. The molecule has 1 aliphatic rings. The van der Waals surface area contributed by atoms with Gasteiger partial charge in [0.15, 0.2) is 0 Å².